The van der Waals surface area contributed by atoms with E-state index in [2.05, 4.69) is 23.3 Å². The second-order valence-corrected chi connectivity index (χ2v) is 10.6. The van der Waals surface area contributed by atoms with Gasteiger partial charge in [-0.3, -0.25) is 9.59 Å². The molecule has 2 unspecified atom stereocenters. The molecule has 2 aromatic carbocycles. The molecule has 0 radical (unpaired) electrons. The first kappa shape index (κ1) is 29.2. The second kappa shape index (κ2) is 12.8. The van der Waals surface area contributed by atoms with Crippen LogP contribution in [-0.2, 0) is 20.9 Å². The third-order valence-corrected chi connectivity index (χ3v) is 5.90. The Morgan fingerprint density at radius 1 is 1.03 bits per heavy atom. The molecule has 0 aliphatic rings. The molecule has 8 heteroatoms. The molecule has 0 saturated carbocycles. The number of nitrogens with one attached hydrogen (secondary N) is 2. The number of carbonyl (C=O) groups excluding carboxylic acids is 3. The number of aryl methyl sites for hydroxylation is 2. The predicted octanol–water partition coefficient (Wildman–Crippen LogP) is 4.72. The zero-order valence-corrected chi connectivity index (χ0v) is 23.2. The third-order valence-electron chi connectivity index (χ3n) is 5.54. The summed E-state index contributed by atoms with van der Waals surface area (Å²) in [5.41, 5.74) is 2.92. The van der Waals surface area contributed by atoms with Gasteiger partial charge in [0.05, 0.1) is 0 Å². The van der Waals surface area contributed by atoms with Crippen molar-refractivity contribution in [1.82, 2.24) is 15.5 Å². The number of rotatable bonds is 9. The van der Waals surface area contributed by atoms with Gasteiger partial charge in [0, 0.05) is 18.3 Å². The molecule has 3 amide bonds. The molecule has 0 aliphatic heterocycles. The molecule has 0 aromatic heterocycles. The number of ether oxygens (including phenoxy) is 1. The minimum atomic E-state index is -0.972. The highest BCUT2D eigenvalue weighted by atomic mass is 32.1. The quantitative estimate of drug-likeness (QED) is 0.424. The molecule has 0 aliphatic carbocycles. The molecule has 0 spiro atoms. The van der Waals surface area contributed by atoms with Gasteiger partial charge in [0.25, 0.3) is 0 Å². The molecule has 7 nitrogen and oxygen atoms in total. The van der Waals surface area contributed by atoms with Gasteiger partial charge in [-0.05, 0) is 65.2 Å². The molecular weight excluding hydrogens is 474 g/mol. The monoisotopic (exact) mass is 513 g/mol. The van der Waals surface area contributed by atoms with Crippen LogP contribution >= 0.6 is 12.6 Å². The Bertz CT molecular complexity index is 1050. The normalized spacial score (nSPS) is 13.0. The number of hydrogen-bond donors (Lipinski definition) is 3. The van der Waals surface area contributed by atoms with Gasteiger partial charge in [-0.25, -0.2) is 4.79 Å². The van der Waals surface area contributed by atoms with Crippen molar-refractivity contribution in [2.45, 2.75) is 78.7 Å². The van der Waals surface area contributed by atoms with Crippen LogP contribution in [0.25, 0.3) is 0 Å². The largest absolute Gasteiger partial charge is 0.444 e. The Morgan fingerprint density at radius 3 is 2.19 bits per heavy atom. The molecule has 0 bridgehead atoms. The Kier molecular flexibility index (Phi) is 10.4. The molecule has 0 saturated heterocycles. The number of carbonyl (C=O) groups is 3. The van der Waals surface area contributed by atoms with Crippen LogP contribution in [0.4, 0.5) is 4.79 Å². The second-order valence-electron chi connectivity index (χ2n) is 10.2. The van der Waals surface area contributed by atoms with Crippen LogP contribution in [0, 0.1) is 13.8 Å². The number of benzene rings is 2. The van der Waals surface area contributed by atoms with E-state index in [1.807, 2.05) is 76.2 Å². The van der Waals surface area contributed by atoms with Crippen LogP contribution in [0.15, 0.2) is 48.5 Å². The maximum absolute atomic E-state index is 13.8. The van der Waals surface area contributed by atoms with E-state index in [9.17, 15) is 14.4 Å². The SMILES string of the molecule is Cc1ccc(C(C(=O)NCc2ccccc2)N(C(=O)C(CS)NC(=O)OC(C)(C)C)C(C)C)c(C)c1. The predicted molar refractivity (Wildman–Crippen MR) is 146 cm³/mol. The van der Waals surface area contributed by atoms with E-state index in [1.165, 1.54) is 4.90 Å². The summed E-state index contributed by atoms with van der Waals surface area (Å²) >= 11 is 4.32. The topological polar surface area (TPSA) is 87.7 Å². The average Bonchev–Trinajstić information content (AvgIpc) is 2.79. The highest BCUT2D eigenvalue weighted by Gasteiger charge is 2.38. The van der Waals surface area contributed by atoms with Crippen molar-refractivity contribution in [2.75, 3.05) is 5.75 Å². The lowest BCUT2D eigenvalue weighted by atomic mass is 9.95. The van der Waals surface area contributed by atoms with E-state index in [1.54, 1.807) is 20.8 Å². The lowest BCUT2D eigenvalue weighted by molar-refractivity contribution is -0.144. The standard InChI is InChI=1S/C28H39N3O4S/c1-18(2)31(26(33)23(17-36)30-27(34)35-28(5,6)7)24(22-14-13-19(3)15-20(22)4)25(32)29-16-21-11-9-8-10-12-21/h8-15,18,23-24,36H,16-17H2,1-7H3,(H,29,32)(H,30,34). The summed E-state index contributed by atoms with van der Waals surface area (Å²) < 4.78 is 5.34. The summed E-state index contributed by atoms with van der Waals surface area (Å²) in [6, 6.07) is 13.2. The summed E-state index contributed by atoms with van der Waals surface area (Å²) in [4.78, 5) is 41.5. The minimum absolute atomic E-state index is 0.0481. The van der Waals surface area contributed by atoms with Crippen molar-refractivity contribution in [1.29, 1.82) is 0 Å². The summed E-state index contributed by atoms with van der Waals surface area (Å²) in [6.07, 6.45) is -0.713. The summed E-state index contributed by atoms with van der Waals surface area (Å²) in [5.74, 6) is -0.666. The Balaban J connectivity index is 2.43. The Morgan fingerprint density at radius 2 is 1.67 bits per heavy atom. The van der Waals surface area contributed by atoms with Crippen molar-refractivity contribution in [3.8, 4) is 0 Å². The summed E-state index contributed by atoms with van der Waals surface area (Å²) in [6.45, 7) is 13.2. The maximum Gasteiger partial charge on any atom is 0.408 e. The molecule has 36 heavy (non-hydrogen) atoms. The Labute approximate surface area is 220 Å². The van der Waals surface area contributed by atoms with Crippen LogP contribution in [0.5, 0.6) is 0 Å². The fraction of sp³-hybridized carbons (Fsp3) is 0.464. The van der Waals surface area contributed by atoms with E-state index in [0.717, 1.165) is 22.3 Å². The number of hydrogen-bond acceptors (Lipinski definition) is 5. The maximum atomic E-state index is 13.8. The fourth-order valence-electron chi connectivity index (χ4n) is 3.93. The van der Waals surface area contributed by atoms with E-state index in [0.29, 0.717) is 6.54 Å². The van der Waals surface area contributed by atoms with Crippen LogP contribution in [0.2, 0.25) is 0 Å². The number of thiol groups is 1. The zero-order chi connectivity index (χ0) is 27.0. The first-order valence-electron chi connectivity index (χ1n) is 12.2. The van der Waals surface area contributed by atoms with Crippen molar-refractivity contribution >= 4 is 30.5 Å². The van der Waals surface area contributed by atoms with Gasteiger partial charge in [-0.15, -0.1) is 0 Å². The summed E-state index contributed by atoms with van der Waals surface area (Å²) in [5, 5.41) is 5.62. The van der Waals surface area contributed by atoms with Gasteiger partial charge in [0.2, 0.25) is 11.8 Å². The van der Waals surface area contributed by atoms with Gasteiger partial charge in [-0.1, -0.05) is 54.1 Å². The molecule has 2 aromatic rings. The van der Waals surface area contributed by atoms with Crippen molar-refractivity contribution in [3.63, 3.8) is 0 Å². The van der Waals surface area contributed by atoms with Crippen LogP contribution in [0.1, 0.15) is 62.9 Å². The Hall–Kier alpha value is -3.00. The fourth-order valence-corrected chi connectivity index (χ4v) is 4.17. The van der Waals surface area contributed by atoms with Gasteiger partial charge in [-0.2, -0.15) is 12.6 Å². The number of amides is 3. The van der Waals surface area contributed by atoms with Crippen molar-refractivity contribution < 1.29 is 19.1 Å². The average molecular weight is 514 g/mol. The smallest absolute Gasteiger partial charge is 0.408 e. The van der Waals surface area contributed by atoms with Crippen LogP contribution in [0.3, 0.4) is 0 Å². The van der Waals surface area contributed by atoms with Crippen LogP contribution < -0.4 is 10.6 Å². The van der Waals surface area contributed by atoms with Crippen molar-refractivity contribution in [2.24, 2.45) is 0 Å². The third kappa shape index (κ3) is 8.29. The molecule has 0 heterocycles. The lowest BCUT2D eigenvalue weighted by Gasteiger charge is -2.37. The summed E-state index contributed by atoms with van der Waals surface area (Å²) in [7, 11) is 0. The molecule has 2 N–H and O–H groups in total. The molecule has 196 valence electrons. The molecule has 2 atom stereocenters. The highest BCUT2D eigenvalue weighted by Crippen LogP contribution is 2.28. The zero-order valence-electron chi connectivity index (χ0n) is 22.3. The minimum Gasteiger partial charge on any atom is -0.444 e. The van der Waals surface area contributed by atoms with E-state index in [-0.39, 0.29) is 17.7 Å². The lowest BCUT2D eigenvalue weighted by Crippen LogP contribution is -2.55. The molecular formula is C28H39N3O4S. The van der Waals surface area contributed by atoms with E-state index in [4.69, 9.17) is 4.74 Å². The van der Waals surface area contributed by atoms with Gasteiger partial charge >= 0.3 is 6.09 Å². The first-order chi connectivity index (χ1) is 16.8. The number of alkyl carbamates (subject to hydrolysis) is 1. The van der Waals surface area contributed by atoms with Gasteiger partial charge in [0.15, 0.2) is 0 Å². The van der Waals surface area contributed by atoms with E-state index < -0.39 is 29.7 Å². The van der Waals surface area contributed by atoms with E-state index >= 15 is 0 Å². The van der Waals surface area contributed by atoms with Crippen molar-refractivity contribution in [3.05, 3.63) is 70.8 Å². The van der Waals surface area contributed by atoms with Crippen LogP contribution in [-0.4, -0.2) is 46.2 Å². The van der Waals surface area contributed by atoms with Gasteiger partial charge in [0.1, 0.15) is 17.7 Å². The van der Waals surface area contributed by atoms with Gasteiger partial charge < -0.3 is 20.3 Å². The molecule has 2 rings (SSSR count). The highest BCUT2D eigenvalue weighted by molar-refractivity contribution is 7.80. The number of nitrogens with zero attached hydrogens (tertiary/aromatic N) is 1. The first-order valence-corrected chi connectivity index (χ1v) is 12.8. The molecule has 0 fully saturated rings.